The molecule has 5 heteroatoms. The second kappa shape index (κ2) is 3.23. The van der Waals surface area contributed by atoms with E-state index in [1.807, 2.05) is 13.8 Å². The molecular formula is C6H10N4O. The fraction of sp³-hybridized carbons (Fsp3) is 0.667. The van der Waals surface area contributed by atoms with E-state index in [2.05, 4.69) is 15.5 Å². The molecule has 0 amide bonds. The summed E-state index contributed by atoms with van der Waals surface area (Å²) in [6.07, 6.45) is 0.780. The zero-order valence-electron chi connectivity index (χ0n) is 6.56. The highest BCUT2D eigenvalue weighted by Gasteiger charge is 2.08. The summed E-state index contributed by atoms with van der Waals surface area (Å²) in [5, 5.41) is 10.9. The smallest absolute Gasteiger partial charge is 0.154 e. The van der Waals surface area contributed by atoms with Gasteiger partial charge >= 0.3 is 0 Å². The predicted octanol–water partition coefficient (Wildman–Crippen LogP) is -0.00460. The third kappa shape index (κ3) is 1.60. The number of aromatic nitrogens is 4. The van der Waals surface area contributed by atoms with Gasteiger partial charge < -0.3 is 4.79 Å². The van der Waals surface area contributed by atoms with Crippen molar-refractivity contribution in [2.45, 2.75) is 26.3 Å². The van der Waals surface area contributed by atoms with Crippen molar-refractivity contribution in [2.24, 2.45) is 0 Å². The first-order chi connectivity index (χ1) is 5.25. The van der Waals surface area contributed by atoms with Crippen molar-refractivity contribution in [1.29, 1.82) is 0 Å². The minimum Gasteiger partial charge on any atom is -0.301 e. The van der Waals surface area contributed by atoms with E-state index in [0.29, 0.717) is 0 Å². The zero-order chi connectivity index (χ0) is 8.27. The minimum atomic E-state index is 0.237. The molecule has 0 radical (unpaired) electrons. The second-order valence-corrected chi connectivity index (χ2v) is 2.54. The molecule has 0 spiro atoms. The lowest BCUT2D eigenvalue weighted by Gasteiger charge is -2.01. The minimum absolute atomic E-state index is 0.237. The Hall–Kier alpha value is -1.26. The molecule has 11 heavy (non-hydrogen) atoms. The summed E-state index contributed by atoms with van der Waals surface area (Å²) >= 11 is 0. The molecule has 1 aromatic rings. The van der Waals surface area contributed by atoms with Gasteiger partial charge in [0.1, 0.15) is 12.8 Å². The van der Waals surface area contributed by atoms with Crippen LogP contribution in [0.25, 0.3) is 0 Å². The van der Waals surface area contributed by atoms with Crippen molar-refractivity contribution in [3.63, 3.8) is 0 Å². The molecule has 0 N–H and O–H groups in total. The molecule has 0 fully saturated rings. The van der Waals surface area contributed by atoms with Gasteiger partial charge in [-0.3, -0.25) is 0 Å². The van der Waals surface area contributed by atoms with Crippen LogP contribution in [0.2, 0.25) is 0 Å². The molecule has 60 valence electrons. The van der Waals surface area contributed by atoms with Crippen molar-refractivity contribution in [2.75, 3.05) is 0 Å². The Morgan fingerprint density at radius 3 is 2.91 bits per heavy atom. The standard InChI is InChI=1S/C6H10N4O/c1-5(2)6-7-8-9-10(6)3-4-11/h4-5H,3H2,1-2H3. The highest BCUT2D eigenvalue weighted by Crippen LogP contribution is 2.07. The molecule has 0 aliphatic carbocycles. The number of carbonyl (C=O) groups excluding carboxylic acids is 1. The van der Waals surface area contributed by atoms with Gasteiger partial charge in [0.15, 0.2) is 5.82 Å². The van der Waals surface area contributed by atoms with Gasteiger partial charge in [0.05, 0.1) is 0 Å². The Balaban J connectivity index is 2.86. The SMILES string of the molecule is CC(C)c1nnnn1CC=O. The quantitative estimate of drug-likeness (QED) is 0.575. The normalized spacial score (nSPS) is 10.5. The average molecular weight is 154 g/mol. The molecule has 0 bridgehead atoms. The van der Waals surface area contributed by atoms with Crippen LogP contribution in [-0.4, -0.2) is 26.5 Å². The number of tetrazole rings is 1. The topological polar surface area (TPSA) is 60.7 Å². The number of nitrogens with zero attached hydrogens (tertiary/aromatic N) is 4. The van der Waals surface area contributed by atoms with E-state index in [4.69, 9.17) is 0 Å². The lowest BCUT2D eigenvalue weighted by atomic mass is 10.2. The first-order valence-electron chi connectivity index (χ1n) is 3.45. The second-order valence-electron chi connectivity index (χ2n) is 2.54. The molecule has 0 atom stereocenters. The van der Waals surface area contributed by atoms with Crippen molar-refractivity contribution in [3.8, 4) is 0 Å². The molecule has 1 rings (SSSR count). The van der Waals surface area contributed by atoms with Gasteiger partial charge in [-0.2, -0.15) is 0 Å². The van der Waals surface area contributed by atoms with Gasteiger partial charge in [-0.05, 0) is 10.4 Å². The lowest BCUT2D eigenvalue weighted by Crippen LogP contribution is -2.07. The summed E-state index contributed by atoms with van der Waals surface area (Å²) in [5.41, 5.74) is 0. The van der Waals surface area contributed by atoms with Gasteiger partial charge in [0, 0.05) is 5.92 Å². The summed E-state index contributed by atoms with van der Waals surface area (Å²) in [6, 6.07) is 0. The zero-order valence-corrected chi connectivity index (χ0v) is 6.56. The van der Waals surface area contributed by atoms with Crippen LogP contribution in [0, 0.1) is 0 Å². The predicted molar refractivity (Wildman–Crippen MR) is 38.0 cm³/mol. The average Bonchev–Trinajstić information content (AvgIpc) is 2.36. The van der Waals surface area contributed by atoms with Crippen LogP contribution in [0.1, 0.15) is 25.6 Å². The van der Waals surface area contributed by atoms with E-state index in [1.54, 1.807) is 0 Å². The summed E-state index contributed by atoms with van der Waals surface area (Å²) in [5.74, 6) is 1.00. The maximum Gasteiger partial charge on any atom is 0.154 e. The number of carbonyl (C=O) groups is 1. The highest BCUT2D eigenvalue weighted by molar-refractivity contribution is 5.48. The number of hydrogen-bond acceptors (Lipinski definition) is 4. The van der Waals surface area contributed by atoms with Crippen LogP contribution in [0.4, 0.5) is 0 Å². The van der Waals surface area contributed by atoms with Crippen molar-refractivity contribution < 1.29 is 4.79 Å². The Morgan fingerprint density at radius 2 is 2.36 bits per heavy atom. The molecule has 0 aliphatic rings. The van der Waals surface area contributed by atoms with E-state index in [9.17, 15) is 4.79 Å². The van der Waals surface area contributed by atoms with Crippen molar-refractivity contribution in [1.82, 2.24) is 20.2 Å². The Kier molecular flexibility index (Phi) is 2.30. The summed E-state index contributed by atoms with van der Waals surface area (Å²) in [7, 11) is 0. The third-order valence-corrected chi connectivity index (χ3v) is 1.32. The van der Waals surface area contributed by atoms with Gasteiger partial charge in [0.2, 0.25) is 0 Å². The lowest BCUT2D eigenvalue weighted by molar-refractivity contribution is -0.108. The fourth-order valence-corrected chi connectivity index (χ4v) is 0.826. The fourth-order valence-electron chi connectivity index (χ4n) is 0.826. The van der Waals surface area contributed by atoms with Crippen LogP contribution in [0.5, 0.6) is 0 Å². The monoisotopic (exact) mass is 154 g/mol. The Bertz CT molecular complexity index is 242. The van der Waals surface area contributed by atoms with Gasteiger partial charge in [-0.1, -0.05) is 13.8 Å². The molecule has 0 aromatic carbocycles. The van der Waals surface area contributed by atoms with Crippen LogP contribution in [-0.2, 0) is 11.3 Å². The van der Waals surface area contributed by atoms with E-state index in [1.165, 1.54) is 4.68 Å². The first kappa shape index (κ1) is 7.84. The van der Waals surface area contributed by atoms with Crippen molar-refractivity contribution in [3.05, 3.63) is 5.82 Å². The third-order valence-electron chi connectivity index (χ3n) is 1.32. The molecular weight excluding hydrogens is 144 g/mol. The molecule has 0 saturated heterocycles. The van der Waals surface area contributed by atoms with E-state index in [0.717, 1.165) is 12.1 Å². The Labute approximate surface area is 64.4 Å². The summed E-state index contributed by atoms with van der Waals surface area (Å²) in [6.45, 7) is 4.19. The molecule has 0 aliphatic heterocycles. The summed E-state index contributed by atoms with van der Waals surface area (Å²) < 4.78 is 1.50. The molecule has 0 saturated carbocycles. The van der Waals surface area contributed by atoms with Gasteiger partial charge in [-0.25, -0.2) is 4.68 Å². The van der Waals surface area contributed by atoms with E-state index < -0.39 is 0 Å². The van der Waals surface area contributed by atoms with E-state index >= 15 is 0 Å². The van der Waals surface area contributed by atoms with Crippen LogP contribution < -0.4 is 0 Å². The largest absolute Gasteiger partial charge is 0.301 e. The van der Waals surface area contributed by atoms with Gasteiger partial charge in [0.25, 0.3) is 0 Å². The number of hydrogen-bond donors (Lipinski definition) is 0. The molecule has 1 heterocycles. The number of rotatable bonds is 3. The van der Waals surface area contributed by atoms with E-state index in [-0.39, 0.29) is 12.5 Å². The Morgan fingerprint density at radius 1 is 1.64 bits per heavy atom. The highest BCUT2D eigenvalue weighted by atomic mass is 16.1. The maximum absolute atomic E-state index is 10.1. The van der Waals surface area contributed by atoms with Crippen LogP contribution in [0.15, 0.2) is 0 Å². The van der Waals surface area contributed by atoms with Crippen molar-refractivity contribution >= 4 is 6.29 Å². The van der Waals surface area contributed by atoms with Gasteiger partial charge in [-0.15, -0.1) is 5.10 Å². The molecule has 0 unspecified atom stereocenters. The van der Waals surface area contributed by atoms with Crippen LogP contribution in [0.3, 0.4) is 0 Å². The van der Waals surface area contributed by atoms with Crippen LogP contribution >= 0.6 is 0 Å². The maximum atomic E-state index is 10.1. The summed E-state index contributed by atoms with van der Waals surface area (Å²) in [4.78, 5) is 10.1. The first-order valence-corrected chi connectivity index (χ1v) is 3.45. The molecule has 5 nitrogen and oxygen atoms in total. The molecule has 1 aromatic heterocycles. The number of aldehydes is 1.